The average molecular weight is 952 g/mol. The fourth-order valence-corrected chi connectivity index (χ4v) is 8.26. The zero-order valence-corrected chi connectivity index (χ0v) is 36.2. The van der Waals surface area contributed by atoms with Gasteiger partial charge in [0.1, 0.15) is 82.6 Å². The van der Waals surface area contributed by atoms with Crippen molar-refractivity contribution in [3.8, 4) is 80.1 Å². The van der Waals surface area contributed by atoms with Gasteiger partial charge in [-0.3, -0.25) is 4.79 Å². The summed E-state index contributed by atoms with van der Waals surface area (Å²) in [6.45, 7) is -0.649. The molecule has 7 atom stereocenters. The Morgan fingerprint density at radius 2 is 1.46 bits per heavy atom. The first-order valence-electron chi connectivity index (χ1n) is 21.0. The second-order valence-electron chi connectivity index (χ2n) is 16.2. The van der Waals surface area contributed by atoms with Crippen LogP contribution >= 0.6 is 0 Å². The molecule has 20 heteroatoms. The number of carbonyl (C=O) groups excluding carboxylic acids is 1. The molecule has 20 nitrogen and oxygen atoms in total. The third kappa shape index (κ3) is 8.58. The van der Waals surface area contributed by atoms with Gasteiger partial charge in [-0.25, -0.2) is 4.79 Å². The summed E-state index contributed by atoms with van der Waals surface area (Å²) in [6, 6.07) is 17.2. The van der Waals surface area contributed by atoms with Crippen molar-refractivity contribution in [2.45, 2.75) is 49.3 Å². The molecule has 0 spiro atoms. The molecule has 4 heterocycles. The molecule has 2 aliphatic rings. The number of esters is 1. The molecular weight excluding hydrogens is 909 g/mol. The highest BCUT2D eigenvalue weighted by molar-refractivity contribution is 6.10. The fourth-order valence-electron chi connectivity index (χ4n) is 8.26. The van der Waals surface area contributed by atoms with Crippen LogP contribution in [0.15, 0.2) is 93.8 Å². The predicted octanol–water partition coefficient (Wildman–Crippen LogP) is 4.25. The van der Waals surface area contributed by atoms with Gasteiger partial charge in [0.15, 0.2) is 34.5 Å². The predicted molar refractivity (Wildman–Crippen MR) is 238 cm³/mol. The van der Waals surface area contributed by atoms with E-state index in [0.717, 1.165) is 12.1 Å². The van der Waals surface area contributed by atoms with Crippen LogP contribution in [0.2, 0.25) is 0 Å². The van der Waals surface area contributed by atoms with E-state index in [9.17, 15) is 60.7 Å². The van der Waals surface area contributed by atoms with E-state index >= 15 is 0 Å². The fraction of sp³-hybridized carbons (Fsp3) is 0.224. The van der Waals surface area contributed by atoms with Crippen molar-refractivity contribution in [2.24, 2.45) is 0 Å². The van der Waals surface area contributed by atoms with Gasteiger partial charge in [-0.2, -0.15) is 0 Å². The zero-order valence-electron chi connectivity index (χ0n) is 36.2. The van der Waals surface area contributed by atoms with E-state index in [0.29, 0.717) is 5.56 Å². The smallest absolute Gasteiger partial charge is 0.347 e. The van der Waals surface area contributed by atoms with Gasteiger partial charge in [0, 0.05) is 35.1 Å². The SMILES string of the molecule is COc1cc(-c2oc3cc(=[OH+])cc4oc(-c5c(O)cc(O)c6c5O[C@H](c5ccc(O)c(O)c5)[C@H](O)C6)cc(c2O[C@@H]2O[C@H](COC(=O)C=Cc5ccc(O)cc5)[C@@H](O)[C@H](O)[C@H]2O)c43)cc(OC)c1O. The topological polar surface area (TPSA) is 322 Å². The second-order valence-corrected chi connectivity index (χ2v) is 16.2. The minimum absolute atomic E-state index is 0.0202. The molecule has 358 valence electrons. The number of carbonyl (C=O) groups is 1. The number of fused-ring (bicyclic) bond motifs is 1. The van der Waals surface area contributed by atoms with Gasteiger partial charge in [-0.05, 0) is 59.7 Å². The van der Waals surface area contributed by atoms with Crippen molar-refractivity contribution < 1.29 is 97.9 Å². The molecule has 0 aliphatic carbocycles. The summed E-state index contributed by atoms with van der Waals surface area (Å²) in [5, 5.41) is 108. The first kappa shape index (κ1) is 46.0. The Morgan fingerprint density at radius 3 is 2.14 bits per heavy atom. The Balaban J connectivity index is 1.20. The molecule has 0 bridgehead atoms. The van der Waals surface area contributed by atoms with Crippen LogP contribution in [0.5, 0.6) is 57.5 Å². The van der Waals surface area contributed by atoms with Crippen LogP contribution in [0.25, 0.3) is 50.7 Å². The third-order valence-electron chi connectivity index (χ3n) is 11.7. The molecule has 0 unspecified atom stereocenters. The van der Waals surface area contributed by atoms with Gasteiger partial charge in [-0.15, -0.1) is 0 Å². The summed E-state index contributed by atoms with van der Waals surface area (Å²) < 4.78 is 47.7. The van der Waals surface area contributed by atoms with E-state index in [4.69, 9.17) is 37.3 Å². The van der Waals surface area contributed by atoms with Crippen LogP contribution < -0.4 is 24.4 Å². The molecule has 1 saturated heterocycles. The van der Waals surface area contributed by atoms with Gasteiger partial charge in [-0.1, -0.05) is 18.2 Å². The normalized spacial score (nSPS) is 21.2. The lowest BCUT2D eigenvalue weighted by molar-refractivity contribution is -0.278. The summed E-state index contributed by atoms with van der Waals surface area (Å²) >= 11 is 0. The number of aromatic hydroxyl groups is 6. The molecule has 0 radical (unpaired) electrons. The molecule has 11 N–H and O–H groups in total. The number of phenols is 6. The number of aliphatic hydroxyl groups is 4. The van der Waals surface area contributed by atoms with Gasteiger partial charge in [0.05, 0.1) is 37.8 Å². The van der Waals surface area contributed by atoms with E-state index in [2.05, 4.69) is 0 Å². The van der Waals surface area contributed by atoms with Gasteiger partial charge in [0.25, 0.3) is 0 Å². The Labute approximate surface area is 388 Å². The Morgan fingerprint density at radius 1 is 0.768 bits per heavy atom. The van der Waals surface area contributed by atoms with Crippen molar-refractivity contribution in [2.75, 3.05) is 20.8 Å². The lowest BCUT2D eigenvalue weighted by Gasteiger charge is -2.40. The number of benzene rings is 5. The Bertz CT molecular complexity index is 3180. The average Bonchev–Trinajstić information content (AvgIpc) is 3.32. The van der Waals surface area contributed by atoms with Crippen LogP contribution in [0.3, 0.4) is 0 Å². The molecule has 0 amide bonds. The van der Waals surface area contributed by atoms with Crippen molar-refractivity contribution >= 4 is 34.0 Å². The molecule has 5 aromatic carbocycles. The number of phenolic OH excluding ortho intramolecular Hbond substituents is 6. The molecule has 2 aliphatic heterocycles. The molecule has 2 aromatic heterocycles. The maximum absolute atomic E-state index is 12.8. The zero-order chi connectivity index (χ0) is 49.0. The van der Waals surface area contributed by atoms with Crippen molar-refractivity contribution in [3.05, 3.63) is 107 Å². The Kier molecular flexibility index (Phi) is 12.1. The number of hydrogen-bond acceptors (Lipinski definition) is 19. The standard InChI is InChI=1S/C49H42O20/c1-62-35-12-22(13-36(63-2)41(35)58)46-48(69-49-44(61)43(60)42(59)37(67-49)19-64-38(57)10-5-20-3-7-23(50)8-4-20)26-17-34(65-32-14-24(51)15-33(66-46)39(26)32)40-30(55)18-28(53)25-16-31(56)45(68-47(25)40)21-6-9-27(52)29(54)11-21/h3-15,17-18,31,37,42-45,49-50,52-56,58-61H,16,19H2,1-2H3/p+1/t31-,37-,42-,43+,44-,45-,49+/m1/s1. The lowest BCUT2D eigenvalue weighted by Crippen LogP contribution is -2.60. The highest BCUT2D eigenvalue weighted by Crippen LogP contribution is 2.53. The summed E-state index contributed by atoms with van der Waals surface area (Å²) in [4.78, 5) is 23.8. The number of methoxy groups -OCH3 is 2. The van der Waals surface area contributed by atoms with Crippen LogP contribution in [0, 0.1) is 0 Å². The number of ether oxygens (including phenoxy) is 6. The Hall–Kier alpha value is -8.14. The van der Waals surface area contributed by atoms with E-state index in [1.165, 1.54) is 81.0 Å². The highest BCUT2D eigenvalue weighted by atomic mass is 16.7. The highest BCUT2D eigenvalue weighted by Gasteiger charge is 2.46. The molecule has 7 aromatic rings. The molecule has 9 rings (SSSR count). The van der Waals surface area contributed by atoms with Gasteiger partial charge >= 0.3 is 11.4 Å². The van der Waals surface area contributed by atoms with Gasteiger partial charge in [0.2, 0.25) is 12.0 Å². The maximum Gasteiger partial charge on any atom is 0.347 e. The summed E-state index contributed by atoms with van der Waals surface area (Å²) in [6.07, 6.45) is -9.44. The first-order valence-corrected chi connectivity index (χ1v) is 21.0. The van der Waals surface area contributed by atoms with Gasteiger partial charge < -0.3 is 88.3 Å². The minimum Gasteiger partial charge on any atom is -0.508 e. The lowest BCUT2D eigenvalue weighted by atomic mass is 9.91. The monoisotopic (exact) mass is 951 g/mol. The number of hydrogen-bond donors (Lipinski definition) is 10. The summed E-state index contributed by atoms with van der Waals surface area (Å²) in [7, 11) is 2.56. The quantitative estimate of drug-likeness (QED) is 0.0375. The molecule has 1 fully saturated rings. The molecule has 0 saturated carbocycles. The van der Waals surface area contributed by atoms with Crippen LogP contribution in [-0.2, 0) is 20.7 Å². The van der Waals surface area contributed by atoms with E-state index in [1.807, 2.05) is 0 Å². The van der Waals surface area contributed by atoms with Crippen molar-refractivity contribution in [3.63, 3.8) is 0 Å². The van der Waals surface area contributed by atoms with Crippen LogP contribution in [0.1, 0.15) is 22.8 Å². The third-order valence-corrected chi connectivity index (χ3v) is 11.7. The van der Waals surface area contributed by atoms with E-state index in [-0.39, 0.29) is 102 Å². The number of rotatable bonds is 11. The minimum atomic E-state index is -1.99. The largest absolute Gasteiger partial charge is 0.508 e. The molecular formula is C49H43O20+. The van der Waals surface area contributed by atoms with E-state index in [1.54, 1.807) is 12.1 Å². The van der Waals surface area contributed by atoms with Crippen LogP contribution in [-0.4, -0.2) is 119 Å². The number of aliphatic hydroxyl groups excluding tert-OH is 4. The van der Waals surface area contributed by atoms with Crippen LogP contribution in [0.4, 0.5) is 0 Å². The second kappa shape index (κ2) is 18.2. The summed E-state index contributed by atoms with van der Waals surface area (Å²) in [5.41, 5.74) is 0.245. The summed E-state index contributed by atoms with van der Waals surface area (Å²) in [5.74, 6) is -4.28. The molecule has 69 heavy (non-hydrogen) atoms. The van der Waals surface area contributed by atoms with E-state index < -0.39 is 78.5 Å². The van der Waals surface area contributed by atoms with Crippen molar-refractivity contribution in [1.29, 1.82) is 0 Å². The first-order chi connectivity index (χ1) is 33.0. The van der Waals surface area contributed by atoms with Crippen molar-refractivity contribution in [1.82, 2.24) is 0 Å². The maximum atomic E-state index is 12.8.